The third kappa shape index (κ3) is 3.29. The summed E-state index contributed by atoms with van der Waals surface area (Å²) in [5.74, 6) is 2.03. The summed E-state index contributed by atoms with van der Waals surface area (Å²) in [4.78, 5) is 24.0. The molecule has 1 N–H and O–H groups in total. The molecule has 0 spiro atoms. The molecule has 1 aliphatic heterocycles. The van der Waals surface area contributed by atoms with E-state index in [1.165, 1.54) is 0 Å². The van der Waals surface area contributed by atoms with Crippen molar-refractivity contribution in [2.45, 2.75) is 19.8 Å². The van der Waals surface area contributed by atoms with E-state index in [4.69, 9.17) is 9.97 Å². The smallest absolute Gasteiger partial charge is 0.223 e. The molecular formula is C20H22N4OS. The summed E-state index contributed by atoms with van der Waals surface area (Å²) in [6.07, 6.45) is 1.72. The van der Waals surface area contributed by atoms with Gasteiger partial charge in [0, 0.05) is 41.9 Å². The Morgan fingerprint density at radius 3 is 2.77 bits per heavy atom. The summed E-state index contributed by atoms with van der Waals surface area (Å²) in [7, 11) is 0. The molecule has 0 saturated carbocycles. The van der Waals surface area contributed by atoms with Crippen LogP contribution in [0.2, 0.25) is 0 Å². The van der Waals surface area contributed by atoms with Crippen LogP contribution >= 0.6 is 11.3 Å². The molecule has 0 aliphatic carbocycles. The summed E-state index contributed by atoms with van der Waals surface area (Å²) in [6.45, 7) is 4.34. The highest BCUT2D eigenvalue weighted by molar-refractivity contribution is 7.08. The maximum absolute atomic E-state index is 12.1. The van der Waals surface area contributed by atoms with E-state index in [0.717, 1.165) is 54.0 Å². The Hall–Kier alpha value is -2.47. The van der Waals surface area contributed by atoms with Gasteiger partial charge in [0.05, 0.1) is 5.52 Å². The number of carbonyl (C=O) groups excluding carboxylic acids is 1. The van der Waals surface area contributed by atoms with Gasteiger partial charge in [0.2, 0.25) is 5.91 Å². The molecule has 0 radical (unpaired) electrons. The molecule has 1 aromatic carbocycles. The average molecular weight is 366 g/mol. The number of amides is 1. The quantitative estimate of drug-likeness (QED) is 0.765. The minimum atomic E-state index is 0.107. The molecular weight excluding hydrogens is 344 g/mol. The number of anilines is 1. The van der Waals surface area contributed by atoms with E-state index in [1.54, 1.807) is 11.3 Å². The van der Waals surface area contributed by atoms with Crippen LogP contribution < -0.4 is 10.2 Å². The molecule has 1 amide bonds. The molecule has 0 bridgehead atoms. The Kier molecular flexibility index (Phi) is 4.84. The number of aromatic nitrogens is 2. The Labute approximate surface area is 157 Å². The standard InChI is InChI=1S/C20H22N4OS/c1-2-21-20(25)14-7-10-24(11-8-14)19-16-5-3-4-6-17(16)22-18(23-19)15-9-12-26-13-15/h3-6,9,12-14H,2,7-8,10-11H2,1H3,(H,21,25). The molecule has 0 atom stereocenters. The molecule has 1 aliphatic rings. The Morgan fingerprint density at radius 1 is 1.23 bits per heavy atom. The van der Waals surface area contributed by atoms with Gasteiger partial charge in [-0.25, -0.2) is 9.97 Å². The van der Waals surface area contributed by atoms with E-state index < -0.39 is 0 Å². The van der Waals surface area contributed by atoms with Gasteiger partial charge in [0.1, 0.15) is 5.82 Å². The number of piperidine rings is 1. The highest BCUT2D eigenvalue weighted by Gasteiger charge is 2.26. The molecule has 3 heterocycles. The van der Waals surface area contributed by atoms with Crippen LogP contribution in [0.15, 0.2) is 41.1 Å². The molecule has 26 heavy (non-hydrogen) atoms. The lowest BCUT2D eigenvalue weighted by Crippen LogP contribution is -2.41. The van der Waals surface area contributed by atoms with E-state index in [-0.39, 0.29) is 11.8 Å². The number of para-hydroxylation sites is 1. The predicted octanol–water partition coefficient (Wildman–Crippen LogP) is 3.71. The number of carbonyl (C=O) groups is 1. The van der Waals surface area contributed by atoms with Crippen molar-refractivity contribution < 1.29 is 4.79 Å². The number of benzene rings is 1. The van der Waals surface area contributed by atoms with Crippen molar-refractivity contribution in [2.24, 2.45) is 5.92 Å². The molecule has 5 nitrogen and oxygen atoms in total. The first-order valence-electron chi connectivity index (χ1n) is 9.08. The summed E-state index contributed by atoms with van der Waals surface area (Å²) >= 11 is 1.65. The van der Waals surface area contributed by atoms with E-state index in [2.05, 4.69) is 27.7 Å². The Bertz CT molecular complexity index is 901. The van der Waals surface area contributed by atoms with Crippen molar-refractivity contribution in [1.29, 1.82) is 0 Å². The van der Waals surface area contributed by atoms with Crippen LogP contribution in [0, 0.1) is 5.92 Å². The molecule has 134 valence electrons. The van der Waals surface area contributed by atoms with Crippen molar-refractivity contribution >= 4 is 34.0 Å². The maximum atomic E-state index is 12.1. The second-order valence-corrected chi connectivity index (χ2v) is 7.34. The van der Waals surface area contributed by atoms with E-state index in [1.807, 2.05) is 30.5 Å². The SMILES string of the molecule is CCNC(=O)C1CCN(c2nc(-c3ccsc3)nc3ccccc23)CC1. The van der Waals surface area contributed by atoms with Gasteiger partial charge >= 0.3 is 0 Å². The van der Waals surface area contributed by atoms with Crippen LogP contribution in [-0.2, 0) is 4.79 Å². The zero-order valence-corrected chi connectivity index (χ0v) is 15.6. The lowest BCUT2D eigenvalue weighted by atomic mass is 9.95. The first kappa shape index (κ1) is 17.0. The third-order valence-corrected chi connectivity index (χ3v) is 5.56. The second-order valence-electron chi connectivity index (χ2n) is 6.56. The van der Waals surface area contributed by atoms with Gasteiger partial charge < -0.3 is 10.2 Å². The van der Waals surface area contributed by atoms with Gasteiger partial charge in [-0.15, -0.1) is 0 Å². The summed E-state index contributed by atoms with van der Waals surface area (Å²) in [5.41, 5.74) is 2.02. The van der Waals surface area contributed by atoms with Gasteiger partial charge in [-0.1, -0.05) is 12.1 Å². The van der Waals surface area contributed by atoms with Gasteiger partial charge in [-0.05, 0) is 43.3 Å². The van der Waals surface area contributed by atoms with Crippen LogP contribution in [0.3, 0.4) is 0 Å². The van der Waals surface area contributed by atoms with Crippen LogP contribution in [0.4, 0.5) is 5.82 Å². The minimum absolute atomic E-state index is 0.107. The molecule has 1 saturated heterocycles. The summed E-state index contributed by atoms with van der Waals surface area (Å²) in [6, 6.07) is 10.2. The van der Waals surface area contributed by atoms with Crippen molar-refractivity contribution in [3.63, 3.8) is 0 Å². The maximum Gasteiger partial charge on any atom is 0.223 e. The fourth-order valence-electron chi connectivity index (χ4n) is 3.49. The number of nitrogens with zero attached hydrogens (tertiary/aromatic N) is 3. The van der Waals surface area contributed by atoms with Gasteiger partial charge in [0.15, 0.2) is 5.82 Å². The van der Waals surface area contributed by atoms with E-state index in [0.29, 0.717) is 6.54 Å². The zero-order valence-electron chi connectivity index (χ0n) is 14.8. The van der Waals surface area contributed by atoms with Crippen LogP contribution in [-0.4, -0.2) is 35.5 Å². The monoisotopic (exact) mass is 366 g/mol. The van der Waals surface area contributed by atoms with E-state index in [9.17, 15) is 4.79 Å². The summed E-state index contributed by atoms with van der Waals surface area (Å²) < 4.78 is 0. The van der Waals surface area contributed by atoms with Gasteiger partial charge in [0.25, 0.3) is 0 Å². The predicted molar refractivity (Wildman–Crippen MR) is 106 cm³/mol. The highest BCUT2D eigenvalue weighted by atomic mass is 32.1. The summed E-state index contributed by atoms with van der Waals surface area (Å²) in [5, 5.41) is 8.14. The molecule has 1 fully saturated rings. The van der Waals surface area contributed by atoms with Crippen LogP contribution in [0.25, 0.3) is 22.3 Å². The largest absolute Gasteiger partial charge is 0.356 e. The molecule has 6 heteroatoms. The number of fused-ring (bicyclic) bond motifs is 1. The Morgan fingerprint density at radius 2 is 2.04 bits per heavy atom. The van der Waals surface area contributed by atoms with Crippen LogP contribution in [0.1, 0.15) is 19.8 Å². The number of thiophene rings is 1. The molecule has 4 rings (SSSR count). The topological polar surface area (TPSA) is 58.1 Å². The van der Waals surface area contributed by atoms with Crippen molar-refractivity contribution in [3.8, 4) is 11.4 Å². The van der Waals surface area contributed by atoms with E-state index >= 15 is 0 Å². The zero-order chi connectivity index (χ0) is 17.9. The number of nitrogens with one attached hydrogen (secondary N) is 1. The molecule has 3 aromatic rings. The van der Waals surface area contributed by atoms with Crippen molar-refractivity contribution in [1.82, 2.24) is 15.3 Å². The van der Waals surface area contributed by atoms with Gasteiger partial charge in [-0.3, -0.25) is 4.79 Å². The number of hydrogen-bond acceptors (Lipinski definition) is 5. The fraction of sp³-hybridized carbons (Fsp3) is 0.350. The number of rotatable bonds is 4. The number of hydrogen-bond donors (Lipinski definition) is 1. The normalized spacial score (nSPS) is 15.3. The Balaban J connectivity index is 1.65. The third-order valence-electron chi connectivity index (χ3n) is 4.88. The lowest BCUT2D eigenvalue weighted by Gasteiger charge is -2.32. The second kappa shape index (κ2) is 7.41. The van der Waals surface area contributed by atoms with Crippen molar-refractivity contribution in [2.75, 3.05) is 24.5 Å². The van der Waals surface area contributed by atoms with Crippen molar-refractivity contribution in [3.05, 3.63) is 41.1 Å². The minimum Gasteiger partial charge on any atom is -0.356 e. The molecule has 0 unspecified atom stereocenters. The highest BCUT2D eigenvalue weighted by Crippen LogP contribution is 2.31. The van der Waals surface area contributed by atoms with Gasteiger partial charge in [-0.2, -0.15) is 11.3 Å². The molecule has 2 aromatic heterocycles. The first-order valence-corrected chi connectivity index (χ1v) is 10.0. The fourth-order valence-corrected chi connectivity index (χ4v) is 4.13. The average Bonchev–Trinajstić information content (AvgIpc) is 3.22. The van der Waals surface area contributed by atoms with Crippen LogP contribution in [0.5, 0.6) is 0 Å². The first-order chi connectivity index (χ1) is 12.8. The lowest BCUT2D eigenvalue weighted by molar-refractivity contribution is -0.125.